The Morgan fingerprint density at radius 3 is 2.44 bits per heavy atom. The van der Waals surface area contributed by atoms with Crippen molar-refractivity contribution in [1.82, 2.24) is 10.2 Å². The monoisotopic (exact) mass is 511 g/mol. The van der Waals surface area contributed by atoms with Crippen LogP contribution in [-0.2, 0) is 10.0 Å². The molecule has 9 heteroatoms. The van der Waals surface area contributed by atoms with Gasteiger partial charge in [0, 0.05) is 17.8 Å². The van der Waals surface area contributed by atoms with Crippen LogP contribution in [0.3, 0.4) is 0 Å². The van der Waals surface area contributed by atoms with Gasteiger partial charge in [0.05, 0.1) is 18.0 Å². The molecule has 0 radical (unpaired) electrons. The first-order chi connectivity index (χ1) is 17.3. The number of benzene rings is 3. The van der Waals surface area contributed by atoms with Gasteiger partial charge in [0.25, 0.3) is 15.9 Å². The second-order valence-corrected chi connectivity index (χ2v) is 10.5. The van der Waals surface area contributed by atoms with E-state index in [9.17, 15) is 17.6 Å². The van der Waals surface area contributed by atoms with Crippen molar-refractivity contribution in [3.8, 4) is 5.75 Å². The first-order valence-corrected chi connectivity index (χ1v) is 13.3. The maximum absolute atomic E-state index is 13.9. The van der Waals surface area contributed by atoms with E-state index in [1.165, 1.54) is 18.2 Å². The molecule has 4 rings (SSSR count). The van der Waals surface area contributed by atoms with Gasteiger partial charge in [-0.25, -0.2) is 12.8 Å². The number of hydrogen-bond donors (Lipinski definition) is 2. The summed E-state index contributed by atoms with van der Waals surface area (Å²) in [5, 5.41) is 3.00. The third kappa shape index (κ3) is 6.03. The molecule has 0 aromatic heterocycles. The number of aryl methyl sites for hydroxylation is 1. The van der Waals surface area contributed by atoms with Gasteiger partial charge in [-0.3, -0.25) is 14.4 Å². The van der Waals surface area contributed by atoms with Crippen LogP contribution in [0, 0.1) is 12.7 Å². The van der Waals surface area contributed by atoms with Crippen molar-refractivity contribution in [2.75, 3.05) is 31.5 Å². The molecular formula is C27H30FN3O4S. The zero-order valence-corrected chi connectivity index (χ0v) is 21.1. The number of nitrogens with zero attached hydrogens (tertiary/aromatic N) is 1. The van der Waals surface area contributed by atoms with Gasteiger partial charge < -0.3 is 10.1 Å². The number of amides is 1. The standard InChI is InChI=1S/C27H30FN3O4S/c1-19-8-13-24(17-25(19)28)36(33,34)30-22-7-5-6-21(16-22)27(32)29-18-26(31-14-3-4-15-31)20-9-11-23(35-2)12-10-20/h5-13,16-17,26,30H,3-4,14-15,18H2,1-2H3,(H,29,32)/t26-/m0/s1. The lowest BCUT2D eigenvalue weighted by atomic mass is 10.0. The van der Waals surface area contributed by atoms with Crippen molar-refractivity contribution in [3.05, 3.63) is 89.2 Å². The summed E-state index contributed by atoms with van der Waals surface area (Å²) < 4.78 is 47.0. The number of ether oxygens (including phenoxy) is 1. The van der Waals surface area contributed by atoms with Crippen molar-refractivity contribution < 1.29 is 22.3 Å². The van der Waals surface area contributed by atoms with Gasteiger partial charge in [-0.15, -0.1) is 0 Å². The number of carbonyl (C=O) groups excluding carboxylic acids is 1. The van der Waals surface area contributed by atoms with E-state index in [4.69, 9.17) is 4.74 Å². The molecule has 1 aliphatic rings. The van der Waals surface area contributed by atoms with Crippen LogP contribution in [0.15, 0.2) is 71.6 Å². The van der Waals surface area contributed by atoms with Crippen LogP contribution in [0.1, 0.15) is 40.4 Å². The topological polar surface area (TPSA) is 87.7 Å². The number of methoxy groups -OCH3 is 1. The van der Waals surface area contributed by atoms with Gasteiger partial charge in [-0.2, -0.15) is 0 Å². The Kier molecular flexibility index (Phi) is 7.91. The minimum atomic E-state index is -4.01. The molecule has 0 aliphatic carbocycles. The van der Waals surface area contributed by atoms with Gasteiger partial charge in [-0.05, 0) is 86.4 Å². The van der Waals surface area contributed by atoms with E-state index < -0.39 is 15.8 Å². The zero-order valence-electron chi connectivity index (χ0n) is 20.3. The minimum absolute atomic E-state index is 0.0143. The number of carbonyl (C=O) groups is 1. The van der Waals surface area contributed by atoms with Crippen LogP contribution < -0.4 is 14.8 Å². The van der Waals surface area contributed by atoms with Crippen molar-refractivity contribution in [1.29, 1.82) is 0 Å². The highest BCUT2D eigenvalue weighted by Crippen LogP contribution is 2.26. The fourth-order valence-electron chi connectivity index (χ4n) is 4.31. The van der Waals surface area contributed by atoms with Crippen LogP contribution in [0.4, 0.5) is 10.1 Å². The van der Waals surface area contributed by atoms with E-state index in [2.05, 4.69) is 14.9 Å². The SMILES string of the molecule is COc1ccc([C@H](CNC(=O)c2cccc(NS(=O)(=O)c3ccc(C)c(F)c3)c2)N2CCCC2)cc1. The van der Waals surface area contributed by atoms with E-state index in [0.717, 1.165) is 43.3 Å². The normalized spacial score (nSPS) is 14.9. The average molecular weight is 512 g/mol. The van der Waals surface area contributed by atoms with Gasteiger partial charge in [0.1, 0.15) is 11.6 Å². The summed E-state index contributed by atoms with van der Waals surface area (Å²) in [5.74, 6) is -0.138. The molecule has 0 bridgehead atoms. The predicted octanol–water partition coefficient (Wildman–Crippen LogP) is 4.51. The Hall–Kier alpha value is -3.43. The van der Waals surface area contributed by atoms with Gasteiger partial charge >= 0.3 is 0 Å². The number of rotatable bonds is 9. The number of nitrogens with one attached hydrogen (secondary N) is 2. The highest BCUT2D eigenvalue weighted by Gasteiger charge is 2.24. The van der Waals surface area contributed by atoms with Crippen molar-refractivity contribution in [3.63, 3.8) is 0 Å². The second-order valence-electron chi connectivity index (χ2n) is 8.84. The number of halogens is 1. The Morgan fingerprint density at radius 1 is 1.06 bits per heavy atom. The van der Waals surface area contributed by atoms with Crippen molar-refractivity contribution in [2.45, 2.75) is 30.7 Å². The molecule has 36 heavy (non-hydrogen) atoms. The van der Waals surface area contributed by atoms with Crippen LogP contribution >= 0.6 is 0 Å². The molecule has 1 fully saturated rings. The molecule has 1 atom stereocenters. The number of hydrogen-bond acceptors (Lipinski definition) is 5. The lowest BCUT2D eigenvalue weighted by Gasteiger charge is -2.28. The number of anilines is 1. The van der Waals surface area contributed by atoms with Gasteiger partial charge in [0.2, 0.25) is 0 Å². The molecule has 7 nitrogen and oxygen atoms in total. The van der Waals surface area contributed by atoms with Crippen molar-refractivity contribution in [2.24, 2.45) is 0 Å². The molecule has 1 aliphatic heterocycles. The summed E-state index contributed by atoms with van der Waals surface area (Å²) in [4.78, 5) is 15.2. The lowest BCUT2D eigenvalue weighted by Crippen LogP contribution is -2.36. The Bertz CT molecular complexity index is 1320. The van der Waals surface area contributed by atoms with Crippen molar-refractivity contribution >= 4 is 21.6 Å². The van der Waals surface area contributed by atoms with E-state index in [1.807, 2.05) is 24.3 Å². The molecule has 3 aromatic carbocycles. The molecular weight excluding hydrogens is 481 g/mol. The van der Waals surface area contributed by atoms with Crippen LogP contribution in [0.2, 0.25) is 0 Å². The molecule has 1 heterocycles. The Balaban J connectivity index is 1.46. The fraction of sp³-hybridized carbons (Fsp3) is 0.296. The second kappa shape index (κ2) is 11.1. The third-order valence-corrected chi connectivity index (χ3v) is 7.75. The molecule has 1 amide bonds. The Morgan fingerprint density at radius 2 is 1.78 bits per heavy atom. The first kappa shape index (κ1) is 25.7. The molecule has 3 aromatic rings. The molecule has 190 valence electrons. The van der Waals surface area contributed by atoms with E-state index in [-0.39, 0.29) is 22.5 Å². The fourth-order valence-corrected chi connectivity index (χ4v) is 5.37. The van der Waals surface area contributed by atoms with E-state index in [0.29, 0.717) is 17.7 Å². The largest absolute Gasteiger partial charge is 0.497 e. The Labute approximate surface area is 211 Å². The predicted molar refractivity (Wildman–Crippen MR) is 137 cm³/mol. The van der Waals surface area contributed by atoms with Gasteiger partial charge in [-0.1, -0.05) is 24.3 Å². The molecule has 0 saturated carbocycles. The average Bonchev–Trinajstić information content (AvgIpc) is 3.40. The summed E-state index contributed by atoms with van der Waals surface area (Å²) in [6, 6.07) is 17.8. The van der Waals surface area contributed by atoms with Crippen LogP contribution in [0.25, 0.3) is 0 Å². The number of sulfonamides is 1. The third-order valence-electron chi connectivity index (χ3n) is 6.37. The lowest BCUT2D eigenvalue weighted by molar-refractivity contribution is 0.0938. The summed E-state index contributed by atoms with van der Waals surface area (Å²) in [6.07, 6.45) is 2.24. The summed E-state index contributed by atoms with van der Waals surface area (Å²) in [5.41, 5.74) is 1.98. The molecule has 0 unspecified atom stereocenters. The summed E-state index contributed by atoms with van der Waals surface area (Å²) in [7, 11) is -2.39. The van der Waals surface area contributed by atoms with E-state index in [1.54, 1.807) is 32.2 Å². The highest BCUT2D eigenvalue weighted by atomic mass is 32.2. The smallest absolute Gasteiger partial charge is 0.261 e. The maximum atomic E-state index is 13.9. The summed E-state index contributed by atoms with van der Waals surface area (Å²) >= 11 is 0. The van der Waals surface area contributed by atoms with E-state index >= 15 is 0 Å². The maximum Gasteiger partial charge on any atom is 0.261 e. The van der Waals surface area contributed by atoms with Crippen LogP contribution in [-0.4, -0.2) is 46.0 Å². The zero-order chi connectivity index (χ0) is 25.7. The molecule has 0 spiro atoms. The van der Waals surface area contributed by atoms with Crippen LogP contribution in [0.5, 0.6) is 5.75 Å². The quantitative estimate of drug-likeness (QED) is 0.441. The minimum Gasteiger partial charge on any atom is -0.497 e. The summed E-state index contributed by atoms with van der Waals surface area (Å²) in [6.45, 7) is 3.89. The van der Waals surface area contributed by atoms with Gasteiger partial charge in [0.15, 0.2) is 0 Å². The number of likely N-dealkylation sites (tertiary alicyclic amines) is 1. The highest BCUT2D eigenvalue weighted by molar-refractivity contribution is 7.92. The molecule has 1 saturated heterocycles. The molecule has 2 N–H and O–H groups in total. The first-order valence-electron chi connectivity index (χ1n) is 11.8.